The number of piperidine rings is 2. The van der Waals surface area contributed by atoms with Crippen molar-refractivity contribution in [2.75, 3.05) is 6.54 Å². The lowest BCUT2D eigenvalue weighted by Gasteiger charge is -2.47. The molecule has 2 fully saturated rings. The first-order valence-corrected chi connectivity index (χ1v) is 7.24. The van der Waals surface area contributed by atoms with Gasteiger partial charge in [-0.15, -0.1) is 0 Å². The van der Waals surface area contributed by atoms with Crippen LogP contribution in [0.3, 0.4) is 0 Å². The summed E-state index contributed by atoms with van der Waals surface area (Å²) in [6.07, 6.45) is 12.2. The van der Waals surface area contributed by atoms with Gasteiger partial charge in [-0.2, -0.15) is 0 Å². The van der Waals surface area contributed by atoms with Gasteiger partial charge in [-0.3, -0.25) is 4.90 Å². The maximum atomic E-state index is 3.46. The predicted octanol–water partition coefficient (Wildman–Crippen LogP) is 3.61. The largest absolute Gasteiger partial charge is 0.287 e. The van der Waals surface area contributed by atoms with Crippen LogP contribution in [0.1, 0.15) is 52.4 Å². The topological polar surface area (TPSA) is 3.24 Å². The highest BCUT2D eigenvalue weighted by Crippen LogP contribution is 2.35. The van der Waals surface area contributed by atoms with Crippen LogP contribution >= 0.6 is 0 Å². The Balaban J connectivity index is 2.07. The summed E-state index contributed by atoms with van der Waals surface area (Å²) in [4.78, 5) is 2.71. The van der Waals surface area contributed by atoms with Crippen molar-refractivity contribution >= 4 is 0 Å². The normalized spacial score (nSPS) is 34.1. The molecule has 94 valence electrons. The fraction of sp³-hybridized carbons (Fsp3) is 0.750. The van der Waals surface area contributed by atoms with Crippen LogP contribution in [0.2, 0.25) is 0 Å². The van der Waals surface area contributed by atoms with E-state index in [9.17, 15) is 0 Å². The summed E-state index contributed by atoms with van der Waals surface area (Å²) in [6, 6.07) is 1.35. The number of hydrogen-bond donors (Lipinski definition) is 0. The van der Waals surface area contributed by atoms with Gasteiger partial charge in [-0.1, -0.05) is 37.7 Å². The van der Waals surface area contributed by atoms with E-state index in [0.29, 0.717) is 6.04 Å². The lowest BCUT2D eigenvalue weighted by atomic mass is 9.79. The molecule has 2 heterocycles. The second-order valence-corrected chi connectivity index (χ2v) is 5.35. The van der Waals surface area contributed by atoms with E-state index < -0.39 is 0 Å². The van der Waals surface area contributed by atoms with Crippen molar-refractivity contribution < 1.29 is 0 Å². The minimum atomic E-state index is 0.527. The van der Waals surface area contributed by atoms with Crippen LogP contribution in [0.4, 0.5) is 0 Å². The zero-order valence-corrected chi connectivity index (χ0v) is 11.3. The molecule has 2 aliphatic heterocycles. The van der Waals surface area contributed by atoms with Gasteiger partial charge < -0.3 is 0 Å². The summed E-state index contributed by atoms with van der Waals surface area (Å²) in [7, 11) is 0. The zero-order valence-electron chi connectivity index (χ0n) is 11.3. The summed E-state index contributed by atoms with van der Waals surface area (Å²) < 4.78 is 0. The summed E-state index contributed by atoms with van der Waals surface area (Å²) in [5, 5.41) is 0. The van der Waals surface area contributed by atoms with E-state index in [1.807, 2.05) is 19.1 Å². The van der Waals surface area contributed by atoms with Gasteiger partial charge in [0.25, 0.3) is 0 Å². The molecule has 0 bridgehead atoms. The van der Waals surface area contributed by atoms with Gasteiger partial charge in [0.15, 0.2) is 0 Å². The fourth-order valence-electron chi connectivity index (χ4n) is 3.46. The summed E-state index contributed by atoms with van der Waals surface area (Å²) >= 11 is 0. The predicted molar refractivity (Wildman–Crippen MR) is 73.7 cm³/mol. The maximum absolute atomic E-state index is 3.46. The van der Waals surface area contributed by atoms with Crippen LogP contribution in [0.25, 0.3) is 0 Å². The fourth-order valence-corrected chi connectivity index (χ4v) is 3.46. The van der Waals surface area contributed by atoms with Gasteiger partial charge in [0.1, 0.15) is 0 Å². The Kier molecular flexibility index (Phi) is 4.68. The number of rotatable bonds is 1. The monoisotopic (exact) mass is 231 g/mol. The molecule has 3 atom stereocenters. The minimum absolute atomic E-state index is 0.527. The van der Waals surface area contributed by atoms with Crippen molar-refractivity contribution in [1.29, 1.82) is 0 Å². The highest BCUT2D eigenvalue weighted by molar-refractivity contribution is 5.20. The molecular weight excluding hydrogens is 206 g/mol. The molecule has 2 rings (SSSR count). The summed E-state index contributed by atoms with van der Waals surface area (Å²) in [5.41, 5.74) is 0. The number of fused-ring (bicyclic) bond motifs is 1. The molecule has 0 aromatic rings. The molecule has 1 nitrogen and oxygen atoms in total. The molecule has 0 N–H and O–H groups in total. The van der Waals surface area contributed by atoms with E-state index in [4.69, 9.17) is 0 Å². The third kappa shape index (κ3) is 2.93. The second-order valence-electron chi connectivity index (χ2n) is 5.35. The van der Waals surface area contributed by atoms with Crippen LogP contribution in [-0.4, -0.2) is 23.5 Å². The lowest BCUT2D eigenvalue weighted by molar-refractivity contribution is 0.0325. The van der Waals surface area contributed by atoms with Crippen LogP contribution in [0.5, 0.6) is 0 Å². The molecule has 0 aromatic heterocycles. The Morgan fingerprint density at radius 1 is 1.24 bits per heavy atom. The molecule has 3 unspecified atom stereocenters. The second kappa shape index (κ2) is 6.26. The van der Waals surface area contributed by atoms with E-state index in [2.05, 4.69) is 23.7 Å². The molecule has 17 heavy (non-hydrogen) atoms. The Morgan fingerprint density at radius 2 is 2.12 bits per heavy atom. The molecule has 2 aliphatic rings. The van der Waals surface area contributed by atoms with Crippen molar-refractivity contribution in [2.45, 2.75) is 64.5 Å². The van der Waals surface area contributed by atoms with Crippen molar-refractivity contribution in [3.63, 3.8) is 0 Å². The van der Waals surface area contributed by atoms with Crippen molar-refractivity contribution in [3.05, 3.63) is 12.2 Å². The zero-order chi connectivity index (χ0) is 12.1. The van der Waals surface area contributed by atoms with Gasteiger partial charge in [0.2, 0.25) is 0 Å². The quantitative estimate of drug-likeness (QED) is 0.623. The Morgan fingerprint density at radius 3 is 2.88 bits per heavy atom. The molecule has 2 saturated heterocycles. The third-order valence-corrected chi connectivity index (χ3v) is 4.37. The van der Waals surface area contributed by atoms with E-state index in [1.165, 1.54) is 45.1 Å². The Hall–Kier alpha value is -0.740. The van der Waals surface area contributed by atoms with E-state index in [0.717, 1.165) is 12.0 Å². The first-order valence-electron chi connectivity index (χ1n) is 7.24. The van der Waals surface area contributed by atoms with Gasteiger partial charge >= 0.3 is 0 Å². The van der Waals surface area contributed by atoms with Crippen molar-refractivity contribution in [2.24, 2.45) is 5.92 Å². The average molecular weight is 231 g/mol. The first kappa shape index (κ1) is 12.7. The Bertz CT molecular complexity index is 320. The number of hydrogen-bond acceptors (Lipinski definition) is 1. The molecule has 0 saturated carbocycles. The van der Waals surface area contributed by atoms with Crippen LogP contribution in [0, 0.1) is 17.8 Å². The molecular formula is C16H25N. The minimum Gasteiger partial charge on any atom is -0.287 e. The van der Waals surface area contributed by atoms with Crippen molar-refractivity contribution in [1.82, 2.24) is 4.90 Å². The summed E-state index contributed by atoms with van der Waals surface area (Å²) in [6.45, 7) is 5.66. The third-order valence-electron chi connectivity index (χ3n) is 4.37. The van der Waals surface area contributed by atoms with Gasteiger partial charge in [-0.05, 0) is 51.1 Å². The van der Waals surface area contributed by atoms with Crippen LogP contribution in [-0.2, 0) is 0 Å². The maximum Gasteiger partial charge on any atom is 0.0720 e. The van der Waals surface area contributed by atoms with Gasteiger partial charge in [0.05, 0.1) is 6.04 Å². The lowest BCUT2D eigenvalue weighted by Crippen LogP contribution is -2.52. The number of allylic oxidation sites excluding steroid dienone is 2. The number of nitrogens with zero attached hydrogens (tertiary/aromatic N) is 1. The van der Waals surface area contributed by atoms with E-state index in [-0.39, 0.29) is 0 Å². The van der Waals surface area contributed by atoms with Gasteiger partial charge in [0, 0.05) is 6.04 Å². The molecule has 0 aromatic carbocycles. The SMILES string of the molecule is CC=CC#CC1CCC(CC)C2CCCCN12. The highest BCUT2D eigenvalue weighted by Gasteiger charge is 2.36. The molecule has 0 aliphatic carbocycles. The molecule has 0 radical (unpaired) electrons. The van der Waals surface area contributed by atoms with E-state index >= 15 is 0 Å². The molecule has 0 spiro atoms. The Labute approximate surface area is 106 Å². The standard InChI is InChI=1S/C16H25N/c1-3-5-6-9-15-12-11-14(4-2)16-10-7-8-13-17(15)16/h3,5,14-16H,4,7-8,10-13H2,1-2H3. The summed E-state index contributed by atoms with van der Waals surface area (Å²) in [5.74, 6) is 7.58. The van der Waals surface area contributed by atoms with Crippen LogP contribution < -0.4 is 0 Å². The first-order chi connectivity index (χ1) is 8.36. The highest BCUT2D eigenvalue weighted by atomic mass is 15.2. The van der Waals surface area contributed by atoms with Crippen LogP contribution in [0.15, 0.2) is 12.2 Å². The molecule has 1 heteroatoms. The molecule has 0 amide bonds. The van der Waals surface area contributed by atoms with Gasteiger partial charge in [-0.25, -0.2) is 0 Å². The van der Waals surface area contributed by atoms with Crippen molar-refractivity contribution in [3.8, 4) is 11.8 Å². The van der Waals surface area contributed by atoms with E-state index in [1.54, 1.807) is 0 Å². The average Bonchev–Trinajstić information content (AvgIpc) is 2.39. The smallest absolute Gasteiger partial charge is 0.0720 e.